The number of hydrogen-bond donors (Lipinski definition) is 3. The van der Waals surface area contributed by atoms with Crippen molar-refractivity contribution in [2.24, 2.45) is 5.41 Å². The number of aromatic nitrogens is 1. The van der Waals surface area contributed by atoms with Gasteiger partial charge in [0.1, 0.15) is 4.70 Å². The van der Waals surface area contributed by atoms with Gasteiger partial charge in [0.05, 0.1) is 21.4 Å². The van der Waals surface area contributed by atoms with E-state index in [1.165, 1.54) is 56.4 Å². The van der Waals surface area contributed by atoms with Gasteiger partial charge in [-0.1, -0.05) is 49.1 Å². The quantitative estimate of drug-likeness (QED) is 0.0751. The van der Waals surface area contributed by atoms with Crippen LogP contribution in [-0.2, 0) is 56.8 Å². The number of aryl methyl sites for hydroxylation is 1. The van der Waals surface area contributed by atoms with Gasteiger partial charge >= 0.3 is 5.97 Å². The lowest BCUT2D eigenvalue weighted by atomic mass is 9.75. The van der Waals surface area contributed by atoms with E-state index in [4.69, 9.17) is 5.11 Å². The fraction of sp³-hybridized carbons (Fsp3) is 0.368. The molecule has 20 heteroatoms. The minimum absolute atomic E-state index is 0.130. The molecule has 6 rings (SSSR count). The van der Waals surface area contributed by atoms with Crippen LogP contribution in [0.25, 0.3) is 16.3 Å². The van der Waals surface area contributed by atoms with Crippen LogP contribution in [0.4, 0.5) is 5.69 Å². The number of carboxylic acids is 1. The normalized spacial score (nSPS) is 18.5. The van der Waals surface area contributed by atoms with Crippen molar-refractivity contribution >= 4 is 93.0 Å². The SMILES string of the molecule is CCN1/C(=C/C2=CC(=C\c3sc4cc(S(=O)(=O)O)ccc4[n+]3CCCCCN3C(=O)C=CC3=O)/CC(C)(C)C2)Sc2cc(CS(=O)(=O)NS(=O)(=O)CC(=O)O)ccc21. The van der Waals surface area contributed by atoms with E-state index in [1.807, 2.05) is 6.92 Å². The second kappa shape index (κ2) is 16.8. The number of nitrogens with zero attached hydrogens (tertiary/aromatic N) is 3. The first kappa shape index (κ1) is 43.4. The monoisotopic (exact) mass is 891 g/mol. The summed E-state index contributed by atoms with van der Waals surface area (Å²) < 4.78 is 87.4. The van der Waals surface area contributed by atoms with Crippen LogP contribution >= 0.6 is 23.1 Å². The second-order valence-corrected chi connectivity index (χ2v) is 22.3. The zero-order valence-electron chi connectivity index (χ0n) is 31.9. The summed E-state index contributed by atoms with van der Waals surface area (Å²) in [5.74, 6) is -4.33. The molecule has 0 spiro atoms. The third kappa shape index (κ3) is 10.5. The smallest absolute Gasteiger partial charge is 0.320 e. The van der Waals surface area contributed by atoms with Crippen molar-refractivity contribution in [2.45, 2.75) is 75.0 Å². The van der Waals surface area contributed by atoms with Crippen LogP contribution in [0.5, 0.6) is 0 Å². The Morgan fingerprint density at radius 2 is 1.66 bits per heavy atom. The number of carboxylic acid groups (broad SMARTS) is 1. The van der Waals surface area contributed by atoms with Crippen molar-refractivity contribution in [1.29, 1.82) is 0 Å². The number of allylic oxidation sites excluding steroid dienone is 4. The number of fused-ring (bicyclic) bond motifs is 2. The number of unbranched alkanes of at least 4 members (excludes halogenated alkanes) is 2. The number of thioether (sulfide) groups is 1. The van der Waals surface area contributed by atoms with Crippen molar-refractivity contribution in [1.82, 2.24) is 9.03 Å². The lowest BCUT2D eigenvalue weighted by Crippen LogP contribution is -2.35. The Balaban J connectivity index is 1.26. The minimum Gasteiger partial charge on any atom is -0.480 e. The first-order valence-corrected chi connectivity index (χ1v) is 24.6. The predicted octanol–water partition coefficient (Wildman–Crippen LogP) is 4.97. The van der Waals surface area contributed by atoms with Crippen molar-refractivity contribution < 1.29 is 53.9 Å². The molecular formula is C38H43N4O11S5+. The van der Waals surface area contributed by atoms with E-state index in [-0.39, 0.29) is 22.1 Å². The number of carbonyl (C=O) groups excluding carboxylic acids is 2. The predicted molar refractivity (Wildman–Crippen MR) is 221 cm³/mol. The van der Waals surface area contributed by atoms with Crippen LogP contribution in [0.15, 0.2) is 86.7 Å². The van der Waals surface area contributed by atoms with Gasteiger partial charge in [0.2, 0.25) is 25.6 Å². The molecule has 0 saturated carbocycles. The van der Waals surface area contributed by atoms with Crippen LogP contribution in [0, 0.1) is 5.41 Å². The number of sulfonamides is 2. The maximum absolute atomic E-state index is 12.7. The molecule has 3 heterocycles. The van der Waals surface area contributed by atoms with Crippen LogP contribution in [0.1, 0.15) is 63.4 Å². The molecule has 3 aliphatic rings. The number of nitrogens with one attached hydrogen (secondary N) is 1. The Labute approximate surface area is 345 Å². The van der Waals surface area contributed by atoms with Crippen LogP contribution in [0.2, 0.25) is 0 Å². The maximum Gasteiger partial charge on any atom is 0.320 e. The summed E-state index contributed by atoms with van der Waals surface area (Å²) in [6.07, 6.45) is 12.5. The van der Waals surface area contributed by atoms with Gasteiger partial charge in [0, 0.05) is 48.7 Å². The molecule has 2 aliphatic heterocycles. The summed E-state index contributed by atoms with van der Waals surface area (Å²) in [6.45, 7) is 7.90. The minimum atomic E-state index is -4.60. The average Bonchev–Trinajstić information content (AvgIpc) is 3.72. The molecule has 58 heavy (non-hydrogen) atoms. The number of thiazole rings is 1. The Hall–Kier alpha value is -4.18. The lowest BCUT2D eigenvalue weighted by molar-refractivity contribution is -0.669. The van der Waals surface area contributed by atoms with E-state index in [9.17, 15) is 44.2 Å². The molecular weight excluding hydrogens is 849 g/mol. The van der Waals surface area contributed by atoms with Gasteiger partial charge in [-0.2, -0.15) is 13.0 Å². The third-order valence-corrected chi connectivity index (χ3v) is 16.0. The summed E-state index contributed by atoms with van der Waals surface area (Å²) in [5, 5.41) is 10.6. The molecule has 0 radical (unpaired) electrons. The van der Waals surface area contributed by atoms with E-state index in [0.29, 0.717) is 36.3 Å². The van der Waals surface area contributed by atoms with Gasteiger partial charge < -0.3 is 10.0 Å². The summed E-state index contributed by atoms with van der Waals surface area (Å²) in [4.78, 5) is 38.7. The first-order chi connectivity index (χ1) is 27.1. The van der Waals surface area contributed by atoms with E-state index in [2.05, 4.69) is 41.5 Å². The highest BCUT2D eigenvalue weighted by Gasteiger charge is 2.31. The van der Waals surface area contributed by atoms with Gasteiger partial charge in [0.25, 0.3) is 26.9 Å². The Bertz CT molecular complexity index is 2640. The van der Waals surface area contributed by atoms with Crippen molar-refractivity contribution in [3.05, 3.63) is 87.4 Å². The summed E-state index contributed by atoms with van der Waals surface area (Å²) >= 11 is 2.87. The number of anilines is 1. The highest BCUT2D eigenvalue weighted by molar-refractivity contribution is 8.04. The summed E-state index contributed by atoms with van der Waals surface area (Å²) in [7, 11) is -13.4. The van der Waals surface area contributed by atoms with Gasteiger partial charge in [-0.25, -0.2) is 16.8 Å². The molecule has 3 aromatic rings. The molecule has 2 amide bonds. The van der Waals surface area contributed by atoms with E-state index >= 15 is 0 Å². The van der Waals surface area contributed by atoms with Crippen LogP contribution in [0.3, 0.4) is 0 Å². The zero-order valence-corrected chi connectivity index (χ0v) is 36.0. The molecule has 1 aromatic heterocycles. The number of rotatable bonds is 16. The number of benzene rings is 2. The molecule has 3 N–H and O–H groups in total. The van der Waals surface area contributed by atoms with E-state index < -0.39 is 47.6 Å². The number of aliphatic carboxylic acids is 1. The Kier molecular flexibility index (Phi) is 12.6. The molecule has 2 aromatic carbocycles. The number of hydrogen-bond acceptors (Lipinski definition) is 12. The van der Waals surface area contributed by atoms with E-state index in [0.717, 1.165) is 63.0 Å². The van der Waals surface area contributed by atoms with Gasteiger partial charge in [-0.05, 0) is 85.1 Å². The zero-order chi connectivity index (χ0) is 42.2. The number of imide groups is 1. The molecule has 0 saturated heterocycles. The van der Waals surface area contributed by atoms with Crippen molar-refractivity contribution in [3.8, 4) is 0 Å². The summed E-state index contributed by atoms with van der Waals surface area (Å²) in [5.41, 5.74) is 3.99. The maximum atomic E-state index is 12.7. The molecule has 1 aliphatic carbocycles. The molecule has 0 fully saturated rings. The number of amides is 2. The summed E-state index contributed by atoms with van der Waals surface area (Å²) in [6, 6.07) is 9.61. The lowest BCUT2D eigenvalue weighted by Gasteiger charge is -2.31. The fourth-order valence-corrected chi connectivity index (χ4v) is 13.3. The largest absolute Gasteiger partial charge is 0.480 e. The Morgan fingerprint density at radius 1 is 0.931 bits per heavy atom. The highest BCUT2D eigenvalue weighted by atomic mass is 32.3. The first-order valence-electron chi connectivity index (χ1n) is 18.3. The Morgan fingerprint density at radius 3 is 2.33 bits per heavy atom. The highest BCUT2D eigenvalue weighted by Crippen LogP contribution is 2.48. The fourth-order valence-electron chi connectivity index (χ4n) is 7.27. The average molecular weight is 892 g/mol. The van der Waals surface area contributed by atoms with Gasteiger partial charge in [-0.15, -0.1) is 4.13 Å². The number of carbonyl (C=O) groups is 3. The molecule has 15 nitrogen and oxygen atoms in total. The van der Waals surface area contributed by atoms with Crippen molar-refractivity contribution in [2.75, 3.05) is 23.7 Å². The molecule has 0 bridgehead atoms. The van der Waals surface area contributed by atoms with Crippen LogP contribution in [-0.4, -0.2) is 76.4 Å². The van der Waals surface area contributed by atoms with Crippen LogP contribution < -0.4 is 13.6 Å². The topological polar surface area (TPSA) is 216 Å². The molecule has 0 atom stereocenters. The standard InChI is InChI=1S/C38H42N4O11S5/c1-4-40-29-10-8-25(23-56(47,48)39-57(49,50)24-37(45)46)17-31(29)54-35(40)18-26-16-27(22-38(2,3)21-26)19-36-41(14-6-5-7-15-42-33(43)12-13-34(42)44)30-11-9-28(58(51,52)53)20-32(30)55-36/h8-13,16-20,39H,4-7,14-15,21-24H2,1-3H3,(H-,45,46,51,52,53)/p+1. The van der Waals surface area contributed by atoms with Gasteiger partial charge in [-0.3, -0.25) is 23.8 Å². The molecule has 310 valence electrons. The third-order valence-electron chi connectivity index (χ3n) is 9.55. The second-order valence-electron chi connectivity index (χ2n) is 15.0. The van der Waals surface area contributed by atoms with E-state index in [1.54, 1.807) is 24.3 Å². The van der Waals surface area contributed by atoms with Gasteiger partial charge in [0.15, 0.2) is 12.3 Å². The molecule has 0 unspecified atom stereocenters. The van der Waals surface area contributed by atoms with Crippen molar-refractivity contribution in [3.63, 3.8) is 0 Å².